The van der Waals surface area contributed by atoms with Crippen LogP contribution in [0.2, 0.25) is 0 Å². The van der Waals surface area contributed by atoms with Crippen molar-refractivity contribution in [1.82, 2.24) is 0 Å². The maximum Gasteiger partial charge on any atom is 0.257 e. The van der Waals surface area contributed by atoms with Crippen LogP contribution in [0.3, 0.4) is 0 Å². The number of para-hydroxylation sites is 2. The first-order chi connectivity index (χ1) is 28.3. The van der Waals surface area contributed by atoms with Crippen molar-refractivity contribution in [2.75, 3.05) is 9.80 Å². The molecule has 0 aromatic heterocycles. The third-order valence-electron chi connectivity index (χ3n) is 12.6. The summed E-state index contributed by atoms with van der Waals surface area (Å²) in [6, 6.07) is 51.8. The van der Waals surface area contributed by atoms with Crippen LogP contribution in [0, 0.1) is 0 Å². The topological polar surface area (TPSA) is 15.7 Å². The van der Waals surface area contributed by atoms with Crippen molar-refractivity contribution < 1.29 is 4.74 Å². The van der Waals surface area contributed by atoms with Gasteiger partial charge in [-0.3, -0.25) is 0 Å². The van der Waals surface area contributed by atoms with Crippen LogP contribution in [-0.2, 0) is 21.7 Å². The molecule has 2 aliphatic rings. The van der Waals surface area contributed by atoms with Crippen LogP contribution in [0.25, 0.3) is 10.8 Å². The zero-order valence-corrected chi connectivity index (χ0v) is 37.7. The fraction of sp³-hybridized carbons (Fsp3) is 0.286. The van der Waals surface area contributed by atoms with Gasteiger partial charge >= 0.3 is 0 Å². The molecule has 2 aliphatic heterocycles. The number of ether oxygens (including phenoxy) is 1. The molecule has 0 saturated carbocycles. The Morgan fingerprint density at radius 3 is 1.55 bits per heavy atom. The molecule has 0 N–H and O–H groups in total. The van der Waals surface area contributed by atoms with Gasteiger partial charge in [0.2, 0.25) is 0 Å². The fourth-order valence-electron chi connectivity index (χ4n) is 9.31. The van der Waals surface area contributed by atoms with Gasteiger partial charge in [-0.05, 0) is 114 Å². The van der Waals surface area contributed by atoms with Crippen LogP contribution in [0.4, 0.5) is 34.1 Å². The molecule has 0 radical (unpaired) electrons. The third-order valence-corrected chi connectivity index (χ3v) is 12.6. The van der Waals surface area contributed by atoms with E-state index in [1.807, 2.05) is 0 Å². The number of fused-ring (bicyclic) bond motifs is 6. The second kappa shape index (κ2) is 13.9. The van der Waals surface area contributed by atoms with Gasteiger partial charge in [0.1, 0.15) is 11.5 Å². The molecule has 0 unspecified atom stereocenters. The quantitative estimate of drug-likeness (QED) is 0.165. The minimum Gasteiger partial charge on any atom is -0.458 e. The van der Waals surface area contributed by atoms with Crippen molar-refractivity contribution in [2.45, 2.75) is 105 Å². The van der Waals surface area contributed by atoms with E-state index in [0.29, 0.717) is 0 Å². The van der Waals surface area contributed by atoms with Crippen molar-refractivity contribution in [1.29, 1.82) is 0 Å². The molecule has 9 rings (SSSR count). The average molecular weight is 787 g/mol. The number of anilines is 6. The lowest BCUT2D eigenvalue weighted by Gasteiger charge is -2.44. The minimum absolute atomic E-state index is 0.0394. The largest absolute Gasteiger partial charge is 0.458 e. The molecule has 2 heterocycles. The summed E-state index contributed by atoms with van der Waals surface area (Å²) < 4.78 is 7.29. The van der Waals surface area contributed by atoms with E-state index in [4.69, 9.17) is 4.74 Å². The van der Waals surface area contributed by atoms with E-state index in [2.05, 4.69) is 232 Å². The standard InChI is InChI=1S/C56H59BN2O/c1-53(2,3)36-30-37(54(4,5)6)32-41(31-36)59-46-28-21-29-48-51(46)57(45-34-38(55(7,8)9)33-44(52(45)59)56(10,11)12)50-43-27-20-19-26-42(43)47(35-49(50)60-48)58(39-22-15-13-16-23-39)40-24-17-14-18-25-40/h13-35H,1-12H3. The number of hydrogen-bond acceptors (Lipinski definition) is 3. The van der Waals surface area contributed by atoms with Gasteiger partial charge in [0.15, 0.2) is 0 Å². The van der Waals surface area contributed by atoms with E-state index in [9.17, 15) is 0 Å². The van der Waals surface area contributed by atoms with Gasteiger partial charge in [-0.1, -0.05) is 168 Å². The van der Waals surface area contributed by atoms with E-state index in [-0.39, 0.29) is 28.4 Å². The van der Waals surface area contributed by atoms with E-state index >= 15 is 0 Å². The van der Waals surface area contributed by atoms with Crippen molar-refractivity contribution in [3.05, 3.63) is 162 Å². The van der Waals surface area contributed by atoms with Gasteiger partial charge in [0, 0.05) is 39.9 Å². The normalized spacial score (nSPS) is 13.7. The molecular formula is C56H59BN2O. The molecule has 0 amide bonds. The Bertz CT molecular complexity index is 2710. The van der Waals surface area contributed by atoms with E-state index < -0.39 is 0 Å². The van der Waals surface area contributed by atoms with E-state index in [0.717, 1.165) is 28.6 Å². The predicted octanol–water partition coefficient (Wildman–Crippen LogP) is 13.9. The van der Waals surface area contributed by atoms with E-state index in [1.165, 1.54) is 66.5 Å². The van der Waals surface area contributed by atoms with Crippen LogP contribution in [-0.4, -0.2) is 6.71 Å². The van der Waals surface area contributed by atoms with Crippen LogP contribution >= 0.6 is 0 Å². The molecule has 0 aliphatic carbocycles. The summed E-state index contributed by atoms with van der Waals surface area (Å²) in [6.45, 7) is 28.1. The Balaban J connectivity index is 1.40. The molecule has 3 nitrogen and oxygen atoms in total. The summed E-state index contributed by atoms with van der Waals surface area (Å²) in [5.41, 5.74) is 15.8. The maximum absolute atomic E-state index is 7.29. The SMILES string of the molecule is CC(C)(C)c1cc(N2c3cccc4c3B(c3cc(C(C)(C)C)cc(C(C)(C)C)c32)c2c(cc(N(c3ccccc3)c3ccccc3)c3ccccc23)O4)cc(C(C)(C)C)c1. The Morgan fingerprint density at radius 1 is 0.467 bits per heavy atom. The first-order valence-corrected chi connectivity index (χ1v) is 21.7. The van der Waals surface area contributed by atoms with Crippen molar-refractivity contribution in [3.63, 3.8) is 0 Å². The van der Waals surface area contributed by atoms with Crippen LogP contribution < -0.4 is 30.9 Å². The molecule has 0 bridgehead atoms. The highest BCUT2D eigenvalue weighted by Crippen LogP contribution is 2.49. The fourth-order valence-corrected chi connectivity index (χ4v) is 9.31. The highest BCUT2D eigenvalue weighted by Gasteiger charge is 2.46. The predicted molar refractivity (Wildman–Crippen MR) is 259 cm³/mol. The first kappa shape index (κ1) is 39.7. The molecule has 7 aromatic carbocycles. The lowest BCUT2D eigenvalue weighted by molar-refractivity contribution is 0.488. The zero-order chi connectivity index (χ0) is 42.5. The first-order valence-electron chi connectivity index (χ1n) is 21.7. The Labute approximate surface area is 359 Å². The van der Waals surface area contributed by atoms with Gasteiger partial charge in [0.05, 0.1) is 5.69 Å². The lowest BCUT2D eigenvalue weighted by Crippen LogP contribution is -2.60. The van der Waals surface area contributed by atoms with Gasteiger partial charge in [-0.15, -0.1) is 0 Å². The Morgan fingerprint density at radius 2 is 1.00 bits per heavy atom. The average Bonchev–Trinajstić information content (AvgIpc) is 3.19. The second-order valence-corrected chi connectivity index (χ2v) is 21.1. The summed E-state index contributed by atoms with van der Waals surface area (Å²) in [5, 5.41) is 2.39. The Hall–Kier alpha value is -5.74. The third kappa shape index (κ3) is 6.69. The monoisotopic (exact) mass is 786 g/mol. The van der Waals surface area contributed by atoms with Crippen molar-refractivity contribution in [2.24, 2.45) is 0 Å². The molecule has 0 saturated heterocycles. The van der Waals surface area contributed by atoms with Gasteiger partial charge < -0.3 is 14.5 Å². The van der Waals surface area contributed by atoms with Crippen molar-refractivity contribution >= 4 is 68.0 Å². The zero-order valence-electron chi connectivity index (χ0n) is 37.7. The highest BCUT2D eigenvalue weighted by molar-refractivity contribution is 7.00. The van der Waals surface area contributed by atoms with E-state index in [1.54, 1.807) is 0 Å². The molecule has 4 heteroatoms. The van der Waals surface area contributed by atoms with Crippen LogP contribution in [0.15, 0.2) is 140 Å². The molecule has 7 aromatic rings. The lowest BCUT2D eigenvalue weighted by atomic mass is 9.33. The number of benzene rings is 7. The van der Waals surface area contributed by atoms with Gasteiger partial charge in [-0.25, -0.2) is 0 Å². The maximum atomic E-state index is 7.29. The summed E-state index contributed by atoms with van der Waals surface area (Å²) >= 11 is 0. The summed E-state index contributed by atoms with van der Waals surface area (Å²) in [6.07, 6.45) is 0. The molecule has 302 valence electrons. The summed E-state index contributed by atoms with van der Waals surface area (Å²) in [5.74, 6) is 1.81. The van der Waals surface area contributed by atoms with Crippen LogP contribution in [0.1, 0.15) is 105 Å². The van der Waals surface area contributed by atoms with Crippen molar-refractivity contribution in [3.8, 4) is 11.5 Å². The number of nitrogens with zero attached hydrogens (tertiary/aromatic N) is 2. The smallest absolute Gasteiger partial charge is 0.257 e. The molecule has 60 heavy (non-hydrogen) atoms. The molecular weight excluding hydrogens is 727 g/mol. The number of rotatable bonds is 4. The summed E-state index contributed by atoms with van der Waals surface area (Å²) in [4.78, 5) is 4.97. The summed E-state index contributed by atoms with van der Waals surface area (Å²) in [7, 11) is 0. The highest BCUT2D eigenvalue weighted by atomic mass is 16.5. The molecule has 0 fully saturated rings. The molecule has 0 spiro atoms. The van der Waals surface area contributed by atoms with Gasteiger partial charge in [-0.2, -0.15) is 0 Å². The molecule has 0 atom stereocenters. The Kier molecular flexibility index (Phi) is 9.21. The second-order valence-electron chi connectivity index (χ2n) is 21.1. The van der Waals surface area contributed by atoms with Crippen LogP contribution in [0.5, 0.6) is 11.5 Å². The van der Waals surface area contributed by atoms with Gasteiger partial charge in [0.25, 0.3) is 6.71 Å². The minimum atomic E-state index is -0.154. The number of hydrogen-bond donors (Lipinski definition) is 0.